The van der Waals surface area contributed by atoms with E-state index in [9.17, 15) is 61.0 Å². The quantitative estimate of drug-likeness (QED) is 0.0252. The zero-order valence-electron chi connectivity index (χ0n) is 57.4. The molecule has 540 valence electrons. The smallest absolute Gasteiger partial charge is 0.220 e. The van der Waals surface area contributed by atoms with Crippen molar-refractivity contribution in [2.75, 3.05) is 26.4 Å². The van der Waals surface area contributed by atoms with E-state index < -0.39 is 124 Å². The van der Waals surface area contributed by atoms with Crippen molar-refractivity contribution in [3.8, 4) is 0 Å². The molecule has 3 saturated heterocycles. The van der Waals surface area contributed by atoms with Crippen LogP contribution in [0.15, 0.2) is 0 Å². The third kappa shape index (κ3) is 36.3. The van der Waals surface area contributed by atoms with Gasteiger partial charge in [0.15, 0.2) is 18.9 Å². The molecular formula is C72H139NO18. The first-order valence-corrected chi connectivity index (χ1v) is 37.8. The monoisotopic (exact) mass is 1310 g/mol. The van der Waals surface area contributed by atoms with Gasteiger partial charge in [-0.15, -0.1) is 0 Å². The maximum Gasteiger partial charge on any atom is 0.220 e. The van der Waals surface area contributed by atoms with Gasteiger partial charge in [-0.25, -0.2) is 0 Å². The van der Waals surface area contributed by atoms with Crippen molar-refractivity contribution in [2.45, 2.75) is 426 Å². The van der Waals surface area contributed by atoms with Crippen LogP contribution in [-0.2, 0) is 33.2 Å². The molecule has 19 heteroatoms. The summed E-state index contributed by atoms with van der Waals surface area (Å²) >= 11 is 0. The first kappa shape index (κ1) is 84.0. The summed E-state index contributed by atoms with van der Waals surface area (Å²) in [4.78, 5) is 13.4. The van der Waals surface area contributed by atoms with Gasteiger partial charge in [-0.2, -0.15) is 0 Å². The first-order chi connectivity index (χ1) is 44.3. The summed E-state index contributed by atoms with van der Waals surface area (Å²) in [6, 6.07) is -0.882. The number of unbranched alkanes of at least 4 members (excludes halogenated alkanes) is 44. The highest BCUT2D eigenvalue weighted by atomic mass is 16.8. The second-order valence-electron chi connectivity index (χ2n) is 27.5. The molecule has 91 heavy (non-hydrogen) atoms. The molecule has 3 aliphatic heterocycles. The van der Waals surface area contributed by atoms with Crippen LogP contribution in [0.4, 0.5) is 0 Å². The Bertz CT molecular complexity index is 1650. The predicted octanol–water partition coefficient (Wildman–Crippen LogP) is 11.1. The van der Waals surface area contributed by atoms with Gasteiger partial charge in [-0.3, -0.25) is 4.79 Å². The lowest BCUT2D eigenvalue weighted by Gasteiger charge is -2.48. The molecule has 0 bridgehead atoms. The fourth-order valence-corrected chi connectivity index (χ4v) is 13.3. The molecule has 0 aromatic carbocycles. The molecule has 17 atom stereocenters. The molecule has 0 aromatic heterocycles. The van der Waals surface area contributed by atoms with Crippen LogP contribution in [0, 0.1) is 0 Å². The van der Waals surface area contributed by atoms with Gasteiger partial charge in [-0.05, 0) is 12.8 Å². The maximum absolute atomic E-state index is 13.4. The Morgan fingerprint density at radius 3 is 0.956 bits per heavy atom. The average molecular weight is 1310 g/mol. The molecule has 3 fully saturated rings. The van der Waals surface area contributed by atoms with Crippen molar-refractivity contribution in [2.24, 2.45) is 0 Å². The van der Waals surface area contributed by atoms with Crippen molar-refractivity contribution in [1.82, 2.24) is 5.32 Å². The van der Waals surface area contributed by atoms with Crippen LogP contribution in [0.5, 0.6) is 0 Å². The second-order valence-corrected chi connectivity index (χ2v) is 27.5. The highest BCUT2D eigenvalue weighted by molar-refractivity contribution is 5.76. The Labute approximate surface area is 551 Å². The summed E-state index contributed by atoms with van der Waals surface area (Å²) in [5.74, 6) is -0.235. The number of rotatable bonds is 60. The number of hydrogen-bond acceptors (Lipinski definition) is 18. The van der Waals surface area contributed by atoms with Gasteiger partial charge < -0.3 is 89.9 Å². The molecule has 0 radical (unpaired) electrons. The van der Waals surface area contributed by atoms with Gasteiger partial charge in [0.2, 0.25) is 5.91 Å². The van der Waals surface area contributed by atoms with Gasteiger partial charge in [0, 0.05) is 6.42 Å². The fraction of sp³-hybridized carbons (Fsp3) is 0.986. The zero-order chi connectivity index (χ0) is 66.1. The highest BCUT2D eigenvalue weighted by Crippen LogP contribution is 2.33. The Hall–Kier alpha value is -1.21. The van der Waals surface area contributed by atoms with Gasteiger partial charge in [0.25, 0.3) is 0 Å². The molecule has 0 aliphatic carbocycles. The van der Waals surface area contributed by atoms with E-state index in [-0.39, 0.29) is 18.9 Å². The van der Waals surface area contributed by atoms with E-state index >= 15 is 0 Å². The molecule has 3 heterocycles. The van der Waals surface area contributed by atoms with Crippen LogP contribution >= 0.6 is 0 Å². The fourth-order valence-electron chi connectivity index (χ4n) is 13.3. The number of aliphatic hydroxyl groups is 11. The van der Waals surface area contributed by atoms with Crippen LogP contribution in [0.3, 0.4) is 0 Å². The molecule has 3 aliphatic rings. The third-order valence-corrected chi connectivity index (χ3v) is 19.4. The number of hydrogen-bond donors (Lipinski definition) is 12. The third-order valence-electron chi connectivity index (χ3n) is 19.4. The Morgan fingerprint density at radius 2 is 0.626 bits per heavy atom. The molecule has 0 saturated carbocycles. The molecule has 1 amide bonds. The summed E-state index contributed by atoms with van der Waals surface area (Å²) in [5.41, 5.74) is 0. The summed E-state index contributed by atoms with van der Waals surface area (Å²) in [6.07, 6.45) is 33.4. The van der Waals surface area contributed by atoms with Crippen LogP contribution < -0.4 is 5.32 Å². The first-order valence-electron chi connectivity index (χ1n) is 37.8. The lowest BCUT2D eigenvalue weighted by atomic mass is 9.96. The SMILES string of the molecule is CCCCCCCCCCCCCCCCCCCCCCCCCCCCCCCCC(O)C(COC1OC(CO)C(OC2OC(CO)C(OC3OC(CO)C(O)C(O)C3O)C(O)C2O)C(O)C1O)NC(=O)CCCCCCCCCCCCCCCCCC. The summed E-state index contributed by atoms with van der Waals surface area (Å²) in [7, 11) is 0. The number of carbonyl (C=O) groups excluding carboxylic acids is 1. The van der Waals surface area contributed by atoms with Crippen molar-refractivity contribution in [3.05, 3.63) is 0 Å². The minimum Gasteiger partial charge on any atom is -0.394 e. The van der Waals surface area contributed by atoms with E-state index in [0.29, 0.717) is 12.8 Å². The van der Waals surface area contributed by atoms with E-state index in [0.717, 1.165) is 44.9 Å². The zero-order valence-corrected chi connectivity index (χ0v) is 57.4. The highest BCUT2D eigenvalue weighted by Gasteiger charge is 2.53. The minimum atomic E-state index is -1.97. The Kier molecular flexibility index (Phi) is 50.6. The largest absolute Gasteiger partial charge is 0.394 e. The lowest BCUT2D eigenvalue weighted by molar-refractivity contribution is -0.379. The molecule has 19 nitrogen and oxygen atoms in total. The molecule has 0 aromatic rings. The maximum atomic E-state index is 13.4. The molecule has 17 unspecified atom stereocenters. The molecule has 12 N–H and O–H groups in total. The topological polar surface area (TPSA) is 307 Å². The van der Waals surface area contributed by atoms with Gasteiger partial charge in [0.05, 0.1) is 38.6 Å². The van der Waals surface area contributed by atoms with Crippen molar-refractivity contribution < 1.29 is 89.4 Å². The van der Waals surface area contributed by atoms with Gasteiger partial charge in [0.1, 0.15) is 73.2 Å². The number of ether oxygens (including phenoxy) is 6. The standard InChI is InChI=1S/C72H139NO18/c1-3-5-7-9-11-13-15-17-19-21-22-23-24-25-26-27-28-29-30-31-32-33-34-35-37-39-41-43-45-47-49-56(77)55(73-60(78)50-48-46-44-42-40-38-36-20-18-16-14-12-10-8-6-4-2)54-86-70-66(84)63(81)68(58(52-75)88-70)91-72-67(85)64(82)69(59(53-76)89-72)90-71-65(83)62(80)61(79)57(51-74)87-71/h55-59,61-72,74-77,79-85H,3-54H2,1-2H3,(H,73,78). The van der Waals surface area contributed by atoms with Crippen LogP contribution in [0.2, 0.25) is 0 Å². The minimum absolute atomic E-state index is 0.235. The van der Waals surface area contributed by atoms with Gasteiger partial charge in [-0.1, -0.05) is 303 Å². The van der Waals surface area contributed by atoms with E-state index in [1.807, 2.05) is 0 Å². The normalized spacial score (nSPS) is 27.8. The van der Waals surface area contributed by atoms with Crippen LogP contribution in [-0.4, -0.2) is 193 Å². The average Bonchev–Trinajstić information content (AvgIpc) is 0.884. The van der Waals surface area contributed by atoms with Crippen LogP contribution in [0.25, 0.3) is 0 Å². The number of carbonyl (C=O) groups is 1. The molecule has 0 spiro atoms. The van der Waals surface area contributed by atoms with Crippen molar-refractivity contribution >= 4 is 5.91 Å². The molecule has 3 rings (SSSR count). The Morgan fingerprint density at radius 1 is 0.352 bits per heavy atom. The summed E-state index contributed by atoms with van der Waals surface area (Å²) < 4.78 is 34.5. The van der Waals surface area contributed by atoms with Crippen molar-refractivity contribution in [1.29, 1.82) is 0 Å². The van der Waals surface area contributed by atoms with Gasteiger partial charge >= 0.3 is 0 Å². The second kappa shape index (κ2) is 54.8. The lowest BCUT2D eigenvalue weighted by Crippen LogP contribution is -2.66. The Balaban J connectivity index is 1.37. The van der Waals surface area contributed by atoms with Crippen LogP contribution in [0.1, 0.15) is 322 Å². The van der Waals surface area contributed by atoms with E-state index in [4.69, 9.17) is 28.4 Å². The number of amides is 1. The summed E-state index contributed by atoms with van der Waals surface area (Å²) in [5, 5.41) is 121. The number of aliphatic hydroxyl groups excluding tert-OH is 11. The predicted molar refractivity (Wildman–Crippen MR) is 356 cm³/mol. The molecular weight excluding hydrogens is 1170 g/mol. The van der Waals surface area contributed by atoms with E-state index in [1.54, 1.807) is 0 Å². The number of nitrogens with one attached hydrogen (secondary N) is 1. The van der Waals surface area contributed by atoms with Crippen molar-refractivity contribution in [3.63, 3.8) is 0 Å². The summed E-state index contributed by atoms with van der Waals surface area (Å²) in [6.45, 7) is 1.85. The van der Waals surface area contributed by atoms with E-state index in [2.05, 4.69) is 19.2 Å². The van der Waals surface area contributed by atoms with E-state index in [1.165, 1.54) is 244 Å².